The summed E-state index contributed by atoms with van der Waals surface area (Å²) in [6, 6.07) is 9.08. The zero-order valence-corrected chi connectivity index (χ0v) is 12.3. The number of pyridine rings is 2. The number of nitrogens with zero attached hydrogens (tertiary/aromatic N) is 3. The number of hydrogen-bond acceptors (Lipinski definition) is 6. The average molecular weight is 303 g/mol. The molecular weight excluding hydrogens is 278 g/mol. The normalized spacial score (nSPS) is 15.8. The van der Waals surface area contributed by atoms with Crippen molar-refractivity contribution in [1.29, 1.82) is 0 Å². The molecule has 1 aliphatic rings. The Morgan fingerprint density at radius 2 is 2.00 bits per heavy atom. The predicted octanol–water partition coefficient (Wildman–Crippen LogP) is 1.96. The van der Waals surface area contributed by atoms with Crippen LogP contribution in [-0.2, 0) is 0 Å². The Morgan fingerprint density at radius 3 is 2.73 bits per heavy atom. The molecule has 6 heteroatoms. The lowest BCUT2D eigenvalue weighted by molar-refractivity contribution is 0.103. The highest BCUT2D eigenvalue weighted by Crippen LogP contribution is 2.19. The molecule has 0 spiro atoms. The number of anilines is 2. The van der Waals surface area contributed by atoms with E-state index >= 15 is 0 Å². The molecule has 1 fully saturated rings. The molecular formula is C16H25N5O. The number of hydrogen-bond donors (Lipinski definition) is 2. The van der Waals surface area contributed by atoms with Crippen molar-refractivity contribution in [2.24, 2.45) is 5.73 Å². The van der Waals surface area contributed by atoms with Crippen molar-refractivity contribution in [2.75, 3.05) is 23.7 Å². The first-order valence-corrected chi connectivity index (χ1v) is 7.38. The first-order valence-electron chi connectivity index (χ1n) is 7.38. The minimum Gasteiger partial charge on any atom is -0.383 e. The second-order valence-corrected chi connectivity index (χ2v) is 5.47. The summed E-state index contributed by atoms with van der Waals surface area (Å²) >= 11 is 0. The SMILES string of the molecule is Nc1ncccc1C(=O)c1cccc(N2CCC(N)CC2)n1.[HH].[HH].[HH]. The van der Waals surface area contributed by atoms with Gasteiger partial charge in [-0.15, -0.1) is 0 Å². The highest BCUT2D eigenvalue weighted by molar-refractivity contribution is 6.10. The van der Waals surface area contributed by atoms with Crippen molar-refractivity contribution in [2.45, 2.75) is 18.9 Å². The summed E-state index contributed by atoms with van der Waals surface area (Å²) in [7, 11) is 0. The fourth-order valence-corrected chi connectivity index (χ4v) is 2.60. The summed E-state index contributed by atoms with van der Waals surface area (Å²) < 4.78 is 0. The van der Waals surface area contributed by atoms with E-state index in [1.807, 2.05) is 12.1 Å². The lowest BCUT2D eigenvalue weighted by atomic mass is 10.1. The minimum atomic E-state index is -0.207. The van der Waals surface area contributed by atoms with E-state index in [-0.39, 0.29) is 21.9 Å². The lowest BCUT2D eigenvalue weighted by Gasteiger charge is -2.31. The summed E-state index contributed by atoms with van der Waals surface area (Å²) in [6.07, 6.45) is 3.44. The summed E-state index contributed by atoms with van der Waals surface area (Å²) in [5.41, 5.74) is 12.5. The third-order valence-electron chi connectivity index (χ3n) is 3.91. The van der Waals surface area contributed by atoms with Crippen LogP contribution in [0.25, 0.3) is 0 Å². The van der Waals surface area contributed by atoms with Crippen LogP contribution in [0.2, 0.25) is 0 Å². The molecule has 3 rings (SSSR count). The van der Waals surface area contributed by atoms with Crippen LogP contribution >= 0.6 is 0 Å². The van der Waals surface area contributed by atoms with Crippen LogP contribution in [0, 0.1) is 0 Å². The van der Waals surface area contributed by atoms with Crippen LogP contribution in [0.3, 0.4) is 0 Å². The summed E-state index contributed by atoms with van der Waals surface area (Å²) in [5, 5.41) is 0. The number of nitrogen functional groups attached to an aromatic ring is 1. The van der Waals surface area contributed by atoms with Crippen LogP contribution in [0.4, 0.5) is 11.6 Å². The maximum absolute atomic E-state index is 12.5. The molecule has 4 N–H and O–H groups in total. The topological polar surface area (TPSA) is 98.1 Å². The van der Waals surface area contributed by atoms with Crippen molar-refractivity contribution in [3.8, 4) is 0 Å². The molecule has 2 aromatic heterocycles. The molecule has 120 valence electrons. The van der Waals surface area contributed by atoms with Gasteiger partial charge in [-0.05, 0) is 37.1 Å². The number of piperidine rings is 1. The Kier molecular flexibility index (Phi) is 4.02. The van der Waals surface area contributed by atoms with Gasteiger partial charge in [0.15, 0.2) is 0 Å². The molecule has 1 saturated heterocycles. The lowest BCUT2D eigenvalue weighted by Crippen LogP contribution is -2.40. The zero-order chi connectivity index (χ0) is 15.5. The molecule has 0 radical (unpaired) electrons. The maximum atomic E-state index is 12.5. The van der Waals surface area contributed by atoms with Gasteiger partial charge in [-0.3, -0.25) is 4.79 Å². The summed E-state index contributed by atoms with van der Waals surface area (Å²) in [6.45, 7) is 1.72. The first kappa shape index (κ1) is 14.5. The Morgan fingerprint density at radius 1 is 1.23 bits per heavy atom. The van der Waals surface area contributed by atoms with Gasteiger partial charge in [-0.25, -0.2) is 9.97 Å². The first-order chi connectivity index (χ1) is 10.6. The van der Waals surface area contributed by atoms with Crippen molar-refractivity contribution in [3.05, 3.63) is 47.8 Å². The van der Waals surface area contributed by atoms with Crippen molar-refractivity contribution in [3.63, 3.8) is 0 Å². The molecule has 0 aromatic carbocycles. The molecule has 0 bridgehead atoms. The quantitative estimate of drug-likeness (QED) is 0.841. The Bertz CT molecular complexity index is 693. The third kappa shape index (κ3) is 2.92. The van der Waals surface area contributed by atoms with E-state index in [4.69, 9.17) is 11.5 Å². The molecule has 0 unspecified atom stereocenters. The van der Waals surface area contributed by atoms with Gasteiger partial charge in [0.05, 0.1) is 5.56 Å². The van der Waals surface area contributed by atoms with E-state index in [2.05, 4.69) is 14.9 Å². The maximum Gasteiger partial charge on any atom is 0.215 e. The molecule has 1 aliphatic heterocycles. The second kappa shape index (κ2) is 6.11. The monoisotopic (exact) mass is 303 g/mol. The van der Waals surface area contributed by atoms with Gasteiger partial charge < -0.3 is 16.4 Å². The minimum absolute atomic E-state index is 0. The van der Waals surface area contributed by atoms with Crippen LogP contribution in [0.15, 0.2) is 36.5 Å². The van der Waals surface area contributed by atoms with Crippen molar-refractivity contribution in [1.82, 2.24) is 9.97 Å². The van der Waals surface area contributed by atoms with Crippen LogP contribution in [0.5, 0.6) is 0 Å². The summed E-state index contributed by atoms with van der Waals surface area (Å²) in [5.74, 6) is 0.824. The summed E-state index contributed by atoms with van der Waals surface area (Å²) in [4.78, 5) is 23.1. The number of ketones is 1. The van der Waals surface area contributed by atoms with E-state index in [9.17, 15) is 4.79 Å². The highest BCUT2D eigenvalue weighted by Gasteiger charge is 2.19. The second-order valence-electron chi connectivity index (χ2n) is 5.47. The van der Waals surface area contributed by atoms with Gasteiger partial charge >= 0.3 is 0 Å². The van der Waals surface area contributed by atoms with Crippen LogP contribution in [0.1, 0.15) is 33.2 Å². The van der Waals surface area contributed by atoms with E-state index in [1.165, 1.54) is 0 Å². The van der Waals surface area contributed by atoms with E-state index < -0.39 is 0 Å². The van der Waals surface area contributed by atoms with Gasteiger partial charge in [-0.2, -0.15) is 0 Å². The fraction of sp³-hybridized carbons (Fsp3) is 0.312. The van der Waals surface area contributed by atoms with Gasteiger partial charge in [0.2, 0.25) is 5.78 Å². The fourth-order valence-electron chi connectivity index (χ4n) is 2.60. The molecule has 2 aromatic rings. The third-order valence-corrected chi connectivity index (χ3v) is 3.91. The molecule has 0 amide bonds. The van der Waals surface area contributed by atoms with Gasteiger partial charge in [0.1, 0.15) is 17.3 Å². The molecule has 0 aliphatic carbocycles. The number of aromatic nitrogens is 2. The number of nitrogens with two attached hydrogens (primary N) is 2. The Hall–Kier alpha value is -2.47. The van der Waals surface area contributed by atoms with E-state index in [0.717, 1.165) is 31.7 Å². The van der Waals surface area contributed by atoms with Crippen molar-refractivity contribution < 1.29 is 9.07 Å². The van der Waals surface area contributed by atoms with Crippen molar-refractivity contribution >= 4 is 17.4 Å². The molecule has 0 atom stereocenters. The molecule has 0 saturated carbocycles. The smallest absolute Gasteiger partial charge is 0.215 e. The van der Waals surface area contributed by atoms with E-state index in [0.29, 0.717) is 11.3 Å². The zero-order valence-electron chi connectivity index (χ0n) is 12.3. The van der Waals surface area contributed by atoms with E-state index in [1.54, 1.807) is 24.4 Å². The average Bonchev–Trinajstić information content (AvgIpc) is 2.55. The van der Waals surface area contributed by atoms with Gasteiger partial charge in [0, 0.05) is 29.6 Å². The Labute approximate surface area is 133 Å². The van der Waals surface area contributed by atoms with Crippen LogP contribution in [-0.4, -0.2) is 34.9 Å². The number of rotatable bonds is 3. The standard InChI is InChI=1S/C16H19N5O.3H2/c17-11-6-9-21(10-7-11)14-5-1-4-13(20-14)15(22)12-3-2-8-19-16(12)18;;;/h1-5,8,11H,6-7,9-10,17H2,(H2,18,19);3*1H. The number of carbonyl (C=O) groups excluding carboxylic acids is 1. The predicted molar refractivity (Wildman–Crippen MR) is 92.1 cm³/mol. The molecule has 3 heterocycles. The van der Waals surface area contributed by atoms with Crippen LogP contribution < -0.4 is 16.4 Å². The number of carbonyl (C=O) groups is 1. The van der Waals surface area contributed by atoms with Gasteiger partial charge in [0.25, 0.3) is 0 Å². The molecule has 22 heavy (non-hydrogen) atoms. The largest absolute Gasteiger partial charge is 0.383 e. The Balaban J connectivity index is 0.00000192. The van der Waals surface area contributed by atoms with Gasteiger partial charge in [-0.1, -0.05) is 6.07 Å². The highest BCUT2D eigenvalue weighted by atomic mass is 16.1. The molecule has 6 nitrogen and oxygen atoms in total.